The standard InChI is InChI=1S/C9H7Br2F3/c1-5(10)7-3-2-6(4-8(7)11)9(12,13)14/h2-5H,1H3. The third kappa shape index (κ3) is 2.73. The van der Waals surface area contributed by atoms with E-state index in [4.69, 9.17) is 0 Å². The quantitative estimate of drug-likeness (QED) is 0.640. The molecule has 0 radical (unpaired) electrons. The van der Waals surface area contributed by atoms with Gasteiger partial charge in [-0.25, -0.2) is 0 Å². The number of hydrogen-bond acceptors (Lipinski definition) is 0. The predicted molar refractivity (Wildman–Crippen MR) is 56.5 cm³/mol. The molecule has 0 amide bonds. The molecule has 0 N–H and O–H groups in total. The maximum absolute atomic E-state index is 12.3. The van der Waals surface area contributed by atoms with E-state index >= 15 is 0 Å². The Balaban J connectivity index is 3.13. The van der Waals surface area contributed by atoms with Gasteiger partial charge in [0.15, 0.2) is 0 Å². The Morgan fingerprint density at radius 3 is 2.21 bits per heavy atom. The molecule has 0 aromatic heterocycles. The van der Waals surface area contributed by atoms with Gasteiger partial charge in [-0.05, 0) is 24.6 Å². The number of alkyl halides is 4. The van der Waals surface area contributed by atoms with E-state index < -0.39 is 11.7 Å². The lowest BCUT2D eigenvalue weighted by Crippen LogP contribution is -2.05. The summed E-state index contributed by atoms with van der Waals surface area (Å²) >= 11 is 6.41. The maximum Gasteiger partial charge on any atom is 0.416 e. The maximum atomic E-state index is 12.3. The van der Waals surface area contributed by atoms with Gasteiger partial charge in [-0.2, -0.15) is 13.2 Å². The molecule has 0 aliphatic carbocycles. The average Bonchev–Trinajstić information content (AvgIpc) is 2.01. The Kier molecular flexibility index (Phi) is 3.63. The van der Waals surface area contributed by atoms with Gasteiger partial charge in [-0.1, -0.05) is 37.9 Å². The van der Waals surface area contributed by atoms with Gasteiger partial charge in [0.25, 0.3) is 0 Å². The van der Waals surface area contributed by atoms with Gasteiger partial charge in [-0.15, -0.1) is 0 Å². The fourth-order valence-corrected chi connectivity index (χ4v) is 2.45. The molecule has 0 spiro atoms. The first-order chi connectivity index (χ1) is 6.32. The zero-order valence-corrected chi connectivity index (χ0v) is 10.4. The smallest absolute Gasteiger partial charge is 0.166 e. The molecular weight excluding hydrogens is 325 g/mol. The van der Waals surface area contributed by atoms with Gasteiger partial charge < -0.3 is 0 Å². The van der Waals surface area contributed by atoms with Crippen molar-refractivity contribution in [1.29, 1.82) is 0 Å². The molecule has 1 atom stereocenters. The third-order valence-corrected chi connectivity index (χ3v) is 2.94. The first-order valence-electron chi connectivity index (χ1n) is 3.83. The number of rotatable bonds is 1. The van der Waals surface area contributed by atoms with E-state index in [9.17, 15) is 13.2 Å². The molecule has 1 unspecified atom stereocenters. The lowest BCUT2D eigenvalue weighted by molar-refractivity contribution is -0.137. The van der Waals surface area contributed by atoms with Crippen molar-refractivity contribution >= 4 is 31.9 Å². The zero-order valence-electron chi connectivity index (χ0n) is 7.20. The first-order valence-corrected chi connectivity index (χ1v) is 5.54. The Bertz CT molecular complexity index is 331. The normalized spacial score (nSPS) is 14.1. The Hall–Kier alpha value is -0.0300. The summed E-state index contributed by atoms with van der Waals surface area (Å²) in [7, 11) is 0. The molecule has 0 aliphatic rings. The van der Waals surface area contributed by atoms with Crippen molar-refractivity contribution in [3.8, 4) is 0 Å². The van der Waals surface area contributed by atoms with Gasteiger partial charge >= 0.3 is 6.18 Å². The van der Waals surface area contributed by atoms with Crippen LogP contribution >= 0.6 is 31.9 Å². The molecule has 14 heavy (non-hydrogen) atoms. The molecule has 0 nitrogen and oxygen atoms in total. The van der Waals surface area contributed by atoms with Gasteiger partial charge in [0.1, 0.15) is 0 Å². The fourth-order valence-electron chi connectivity index (χ4n) is 1.03. The fraction of sp³-hybridized carbons (Fsp3) is 0.333. The van der Waals surface area contributed by atoms with Crippen LogP contribution in [0.15, 0.2) is 22.7 Å². The van der Waals surface area contributed by atoms with Crippen molar-refractivity contribution in [1.82, 2.24) is 0 Å². The van der Waals surface area contributed by atoms with E-state index in [1.807, 2.05) is 6.92 Å². The molecule has 78 valence electrons. The van der Waals surface area contributed by atoms with Crippen LogP contribution in [0.2, 0.25) is 0 Å². The molecule has 0 bridgehead atoms. The second-order valence-electron chi connectivity index (χ2n) is 2.85. The van der Waals surface area contributed by atoms with Crippen LogP contribution in [0.4, 0.5) is 13.2 Å². The second kappa shape index (κ2) is 4.23. The third-order valence-electron chi connectivity index (χ3n) is 1.76. The van der Waals surface area contributed by atoms with Crippen LogP contribution in [0.5, 0.6) is 0 Å². The Labute approximate surface area is 96.8 Å². The Morgan fingerprint density at radius 2 is 1.86 bits per heavy atom. The number of hydrogen-bond donors (Lipinski definition) is 0. The van der Waals surface area contributed by atoms with Gasteiger partial charge in [-0.3, -0.25) is 0 Å². The predicted octanol–water partition coefficient (Wildman–Crippen LogP) is 4.92. The van der Waals surface area contributed by atoms with Gasteiger partial charge in [0.05, 0.1) is 5.56 Å². The summed E-state index contributed by atoms with van der Waals surface area (Å²) in [6.45, 7) is 1.85. The molecule has 0 fully saturated rings. The molecule has 0 heterocycles. The molecule has 0 saturated carbocycles. The van der Waals surface area contributed by atoms with Gasteiger partial charge in [0, 0.05) is 9.30 Å². The van der Waals surface area contributed by atoms with Crippen LogP contribution in [-0.2, 0) is 6.18 Å². The van der Waals surface area contributed by atoms with Crippen LogP contribution < -0.4 is 0 Å². The topological polar surface area (TPSA) is 0 Å². The van der Waals surface area contributed by atoms with Crippen molar-refractivity contribution in [2.45, 2.75) is 17.9 Å². The van der Waals surface area contributed by atoms with Crippen LogP contribution in [-0.4, -0.2) is 0 Å². The summed E-state index contributed by atoms with van der Waals surface area (Å²) in [5.74, 6) is 0. The highest BCUT2D eigenvalue weighted by molar-refractivity contribution is 9.11. The minimum absolute atomic E-state index is 0.0270. The summed E-state index contributed by atoms with van der Waals surface area (Å²) in [6, 6.07) is 3.64. The second-order valence-corrected chi connectivity index (χ2v) is 5.08. The van der Waals surface area contributed by atoms with Crippen LogP contribution in [0.1, 0.15) is 22.9 Å². The highest BCUT2D eigenvalue weighted by Crippen LogP contribution is 2.35. The largest absolute Gasteiger partial charge is 0.416 e. The van der Waals surface area contributed by atoms with E-state index in [1.165, 1.54) is 6.07 Å². The van der Waals surface area contributed by atoms with Crippen molar-refractivity contribution in [2.24, 2.45) is 0 Å². The van der Waals surface area contributed by atoms with Crippen molar-refractivity contribution < 1.29 is 13.2 Å². The van der Waals surface area contributed by atoms with Crippen molar-refractivity contribution in [3.63, 3.8) is 0 Å². The average molecular weight is 332 g/mol. The number of benzene rings is 1. The van der Waals surface area contributed by atoms with E-state index in [0.29, 0.717) is 4.47 Å². The van der Waals surface area contributed by atoms with E-state index in [2.05, 4.69) is 31.9 Å². The summed E-state index contributed by atoms with van der Waals surface area (Å²) in [6.07, 6.45) is -4.28. The monoisotopic (exact) mass is 330 g/mol. The molecule has 5 heteroatoms. The van der Waals surface area contributed by atoms with E-state index in [0.717, 1.165) is 17.7 Å². The summed E-state index contributed by atoms with van der Waals surface area (Å²) in [5, 5.41) is 0. The van der Waals surface area contributed by atoms with E-state index in [1.54, 1.807) is 0 Å². The molecule has 1 aromatic rings. The highest BCUT2D eigenvalue weighted by Gasteiger charge is 2.30. The zero-order chi connectivity index (χ0) is 10.9. The van der Waals surface area contributed by atoms with Gasteiger partial charge in [0.2, 0.25) is 0 Å². The minimum Gasteiger partial charge on any atom is -0.166 e. The molecule has 0 saturated heterocycles. The van der Waals surface area contributed by atoms with Crippen LogP contribution in [0.25, 0.3) is 0 Å². The lowest BCUT2D eigenvalue weighted by Gasteiger charge is -2.11. The Morgan fingerprint density at radius 1 is 1.29 bits per heavy atom. The summed E-state index contributed by atoms with van der Waals surface area (Å²) < 4.78 is 37.3. The highest BCUT2D eigenvalue weighted by atomic mass is 79.9. The summed E-state index contributed by atoms with van der Waals surface area (Å²) in [5.41, 5.74) is 0.166. The SMILES string of the molecule is CC(Br)c1ccc(C(F)(F)F)cc1Br. The number of halogens is 5. The molecule has 1 aromatic carbocycles. The molecule has 1 rings (SSSR count). The van der Waals surface area contributed by atoms with Crippen LogP contribution in [0.3, 0.4) is 0 Å². The minimum atomic E-state index is -4.28. The van der Waals surface area contributed by atoms with Crippen molar-refractivity contribution in [3.05, 3.63) is 33.8 Å². The van der Waals surface area contributed by atoms with Crippen molar-refractivity contribution in [2.75, 3.05) is 0 Å². The molecule has 0 aliphatic heterocycles. The molecular formula is C9H7Br2F3. The summed E-state index contributed by atoms with van der Waals surface area (Å²) in [4.78, 5) is 0.0270. The van der Waals surface area contributed by atoms with E-state index in [-0.39, 0.29) is 4.83 Å². The van der Waals surface area contributed by atoms with Crippen LogP contribution in [0, 0.1) is 0 Å². The first kappa shape index (κ1) is 12.0. The lowest BCUT2D eigenvalue weighted by atomic mass is 10.1.